The number of aromatic nitrogens is 1. The van der Waals surface area contributed by atoms with E-state index in [4.69, 9.17) is 0 Å². The van der Waals surface area contributed by atoms with E-state index in [1.165, 1.54) is 31.9 Å². The molecule has 2 heterocycles. The first kappa shape index (κ1) is 14.8. The Morgan fingerprint density at radius 2 is 2.27 bits per heavy atom. The maximum Gasteiger partial charge on any atom is 0.252 e. The van der Waals surface area contributed by atoms with Gasteiger partial charge in [-0.3, -0.25) is 9.59 Å². The molecule has 2 aliphatic rings. The lowest BCUT2D eigenvalue weighted by molar-refractivity contribution is -0.114. The van der Waals surface area contributed by atoms with Crippen LogP contribution in [0.1, 0.15) is 49.4 Å². The number of carbonyl (C=O) groups is 2. The van der Waals surface area contributed by atoms with Crippen LogP contribution in [0.5, 0.6) is 0 Å². The molecule has 0 radical (unpaired) electrons. The van der Waals surface area contributed by atoms with Crippen LogP contribution in [-0.2, 0) is 4.79 Å². The van der Waals surface area contributed by atoms with E-state index < -0.39 is 0 Å². The number of nitrogens with zero attached hydrogens (tertiary/aromatic N) is 1. The summed E-state index contributed by atoms with van der Waals surface area (Å²) in [6, 6.07) is 1.74. The summed E-state index contributed by atoms with van der Waals surface area (Å²) in [5, 5.41) is 8.69. The topological polar surface area (TPSA) is 83.1 Å². The van der Waals surface area contributed by atoms with Gasteiger partial charge in [0.05, 0.1) is 17.8 Å². The van der Waals surface area contributed by atoms with Crippen LogP contribution >= 0.6 is 0 Å². The van der Waals surface area contributed by atoms with Gasteiger partial charge >= 0.3 is 0 Å². The van der Waals surface area contributed by atoms with Crippen molar-refractivity contribution in [2.75, 3.05) is 23.7 Å². The van der Waals surface area contributed by atoms with E-state index in [1.54, 1.807) is 6.07 Å². The molecule has 2 amide bonds. The Morgan fingerprint density at radius 1 is 1.45 bits per heavy atom. The Labute approximate surface area is 130 Å². The van der Waals surface area contributed by atoms with Gasteiger partial charge in [0.2, 0.25) is 5.91 Å². The lowest BCUT2D eigenvalue weighted by Gasteiger charge is -2.42. The number of hydrogen-bond donors (Lipinski definition) is 3. The molecule has 0 aromatic carbocycles. The highest BCUT2D eigenvalue weighted by Gasteiger charge is 2.36. The minimum absolute atomic E-state index is 0.101. The Kier molecular flexibility index (Phi) is 4.00. The molecule has 1 aromatic heterocycles. The van der Waals surface area contributed by atoms with Gasteiger partial charge in [-0.15, -0.1) is 0 Å². The largest absolute Gasteiger partial charge is 0.373 e. The van der Waals surface area contributed by atoms with Crippen LogP contribution in [0.15, 0.2) is 12.3 Å². The number of pyridine rings is 1. The monoisotopic (exact) mass is 302 g/mol. The molecule has 0 spiro atoms. The van der Waals surface area contributed by atoms with Gasteiger partial charge in [0.1, 0.15) is 0 Å². The predicted octanol–water partition coefficient (Wildman–Crippen LogP) is 2.15. The molecule has 3 N–H and O–H groups in total. The Morgan fingerprint density at radius 3 is 2.95 bits per heavy atom. The molecule has 1 fully saturated rings. The summed E-state index contributed by atoms with van der Waals surface area (Å²) in [6.45, 7) is 3.13. The minimum Gasteiger partial charge on any atom is -0.373 e. The maximum atomic E-state index is 12.3. The first-order valence-electron chi connectivity index (χ1n) is 7.94. The number of nitrogens with one attached hydrogen (secondary N) is 3. The Balaban J connectivity index is 1.64. The minimum atomic E-state index is -0.122. The fourth-order valence-electron chi connectivity index (χ4n) is 3.27. The van der Waals surface area contributed by atoms with Gasteiger partial charge < -0.3 is 16.0 Å². The van der Waals surface area contributed by atoms with Crippen LogP contribution in [-0.4, -0.2) is 29.9 Å². The van der Waals surface area contributed by atoms with Gasteiger partial charge in [0.15, 0.2) is 5.82 Å². The lowest BCUT2D eigenvalue weighted by Crippen LogP contribution is -2.42. The van der Waals surface area contributed by atoms with Gasteiger partial charge in [-0.05, 0) is 30.7 Å². The first-order chi connectivity index (χ1) is 10.6. The molecular formula is C16H22N4O2. The summed E-state index contributed by atoms with van der Waals surface area (Å²) < 4.78 is 0. The molecule has 1 aliphatic heterocycles. The van der Waals surface area contributed by atoms with Crippen LogP contribution in [0.25, 0.3) is 0 Å². The van der Waals surface area contributed by atoms with Crippen molar-refractivity contribution >= 4 is 23.3 Å². The number of carbonyl (C=O) groups excluding carboxylic acids is 2. The molecule has 0 atom stereocenters. The summed E-state index contributed by atoms with van der Waals surface area (Å²) in [4.78, 5) is 27.7. The fourth-order valence-corrected chi connectivity index (χ4v) is 3.27. The SMILES string of the molecule is CCCC1(CNC(=O)c2cnc3c(c2)NCC(=O)N3)CCC1. The quantitative estimate of drug-likeness (QED) is 0.778. The summed E-state index contributed by atoms with van der Waals surface area (Å²) in [7, 11) is 0. The third-order valence-corrected chi connectivity index (χ3v) is 4.67. The van der Waals surface area contributed by atoms with Gasteiger partial charge in [-0.25, -0.2) is 4.98 Å². The summed E-state index contributed by atoms with van der Waals surface area (Å²) in [5.74, 6) is 0.259. The molecule has 1 aliphatic carbocycles. The Hall–Kier alpha value is -2.11. The zero-order valence-electron chi connectivity index (χ0n) is 12.9. The predicted molar refractivity (Wildman–Crippen MR) is 84.9 cm³/mol. The molecule has 6 heteroatoms. The number of rotatable bonds is 5. The third-order valence-electron chi connectivity index (χ3n) is 4.67. The van der Waals surface area contributed by atoms with E-state index >= 15 is 0 Å². The van der Waals surface area contributed by atoms with E-state index in [2.05, 4.69) is 27.9 Å². The van der Waals surface area contributed by atoms with Crippen molar-refractivity contribution in [3.05, 3.63) is 17.8 Å². The number of anilines is 2. The molecule has 118 valence electrons. The van der Waals surface area contributed by atoms with Crippen LogP contribution < -0.4 is 16.0 Å². The fraction of sp³-hybridized carbons (Fsp3) is 0.562. The summed E-state index contributed by atoms with van der Waals surface area (Å²) in [6.07, 6.45) is 7.51. The molecular weight excluding hydrogens is 280 g/mol. The van der Waals surface area contributed by atoms with Gasteiger partial charge in [-0.1, -0.05) is 19.8 Å². The van der Waals surface area contributed by atoms with Gasteiger partial charge in [-0.2, -0.15) is 0 Å². The van der Waals surface area contributed by atoms with Gasteiger partial charge in [0, 0.05) is 12.7 Å². The lowest BCUT2D eigenvalue weighted by atomic mass is 9.66. The molecule has 0 bridgehead atoms. The van der Waals surface area contributed by atoms with Crippen molar-refractivity contribution in [2.45, 2.75) is 39.0 Å². The van der Waals surface area contributed by atoms with Crippen molar-refractivity contribution in [3.8, 4) is 0 Å². The number of amides is 2. The number of fused-ring (bicyclic) bond motifs is 1. The van der Waals surface area contributed by atoms with E-state index in [0.29, 0.717) is 22.5 Å². The zero-order chi connectivity index (χ0) is 15.6. The molecule has 1 saturated carbocycles. The highest BCUT2D eigenvalue weighted by Crippen LogP contribution is 2.44. The zero-order valence-corrected chi connectivity index (χ0v) is 12.9. The molecule has 22 heavy (non-hydrogen) atoms. The van der Waals surface area contributed by atoms with E-state index in [-0.39, 0.29) is 18.4 Å². The van der Waals surface area contributed by atoms with Crippen LogP contribution in [0.3, 0.4) is 0 Å². The average molecular weight is 302 g/mol. The maximum absolute atomic E-state index is 12.3. The molecule has 0 unspecified atom stereocenters. The molecule has 0 saturated heterocycles. The van der Waals surface area contributed by atoms with Crippen molar-refractivity contribution in [1.29, 1.82) is 0 Å². The van der Waals surface area contributed by atoms with Crippen LogP contribution in [0, 0.1) is 5.41 Å². The standard InChI is InChI=1S/C16H22N4O2/c1-2-4-16(5-3-6-16)10-19-15(22)11-7-12-14(18-8-11)20-13(21)9-17-12/h7-8,17H,2-6,9-10H2,1H3,(H,19,22)(H,18,20,21). The summed E-state index contributed by atoms with van der Waals surface area (Å²) >= 11 is 0. The smallest absolute Gasteiger partial charge is 0.252 e. The average Bonchev–Trinajstić information content (AvgIpc) is 2.49. The van der Waals surface area contributed by atoms with E-state index in [0.717, 1.165) is 13.0 Å². The van der Waals surface area contributed by atoms with E-state index in [1.807, 2.05) is 0 Å². The molecule has 1 aromatic rings. The van der Waals surface area contributed by atoms with Crippen molar-refractivity contribution in [3.63, 3.8) is 0 Å². The van der Waals surface area contributed by atoms with E-state index in [9.17, 15) is 9.59 Å². The third kappa shape index (κ3) is 2.91. The number of hydrogen-bond acceptors (Lipinski definition) is 4. The van der Waals surface area contributed by atoms with Crippen LogP contribution in [0.2, 0.25) is 0 Å². The van der Waals surface area contributed by atoms with Crippen molar-refractivity contribution < 1.29 is 9.59 Å². The van der Waals surface area contributed by atoms with Crippen molar-refractivity contribution in [1.82, 2.24) is 10.3 Å². The second-order valence-electron chi connectivity index (χ2n) is 6.31. The Bertz CT molecular complexity index is 596. The van der Waals surface area contributed by atoms with Gasteiger partial charge in [0.25, 0.3) is 5.91 Å². The highest BCUT2D eigenvalue weighted by molar-refractivity contribution is 6.01. The van der Waals surface area contributed by atoms with Crippen LogP contribution in [0.4, 0.5) is 11.5 Å². The second-order valence-corrected chi connectivity index (χ2v) is 6.31. The highest BCUT2D eigenvalue weighted by atomic mass is 16.2. The van der Waals surface area contributed by atoms with Crippen molar-refractivity contribution in [2.24, 2.45) is 5.41 Å². The summed E-state index contributed by atoms with van der Waals surface area (Å²) in [5.41, 5.74) is 1.52. The normalized spacial score (nSPS) is 18.5. The second kappa shape index (κ2) is 5.94. The first-order valence-corrected chi connectivity index (χ1v) is 7.94. The molecule has 3 rings (SSSR count). The molecule has 6 nitrogen and oxygen atoms in total.